The maximum Gasteiger partial charge on any atom is 0.337 e. The number of nitrogens with zero attached hydrogens (tertiary/aromatic N) is 1. The molecule has 4 rings (SSSR count). The summed E-state index contributed by atoms with van der Waals surface area (Å²) in [6.45, 7) is 12.8. The van der Waals surface area contributed by atoms with E-state index in [9.17, 15) is 19.8 Å². The van der Waals surface area contributed by atoms with Crippen LogP contribution in [0.3, 0.4) is 0 Å². The zero-order chi connectivity index (χ0) is 29.4. The van der Waals surface area contributed by atoms with Gasteiger partial charge in [-0.05, 0) is 52.0 Å². The van der Waals surface area contributed by atoms with E-state index < -0.39 is 32.3 Å². The van der Waals surface area contributed by atoms with Gasteiger partial charge in [-0.2, -0.15) is 0 Å². The van der Waals surface area contributed by atoms with Gasteiger partial charge in [0.15, 0.2) is 0 Å². The zero-order valence-corrected chi connectivity index (χ0v) is 25.1. The van der Waals surface area contributed by atoms with Gasteiger partial charge in [0.05, 0.1) is 22.1 Å². The van der Waals surface area contributed by atoms with E-state index in [4.69, 9.17) is 10.5 Å². The summed E-state index contributed by atoms with van der Waals surface area (Å²) in [7, 11) is -2.41. The molecule has 0 bridgehead atoms. The number of carbonyl (C=O) groups is 2. The number of aliphatic hydroxyl groups is 2. The van der Waals surface area contributed by atoms with Gasteiger partial charge in [-0.25, -0.2) is 4.79 Å². The highest BCUT2D eigenvalue weighted by Gasteiger charge is 2.49. The first-order valence-corrected chi connectivity index (χ1v) is 16.2. The summed E-state index contributed by atoms with van der Waals surface area (Å²) in [5.41, 5.74) is 9.37. The summed E-state index contributed by atoms with van der Waals surface area (Å²) in [5.74, 6) is -1.23. The van der Waals surface area contributed by atoms with E-state index in [1.165, 1.54) is 0 Å². The van der Waals surface area contributed by atoms with Crippen LogP contribution in [0.2, 0.25) is 16.6 Å². The summed E-state index contributed by atoms with van der Waals surface area (Å²) in [6.07, 6.45) is 0. The Bertz CT molecular complexity index is 1520. The molecule has 3 aromatic carbocycles. The molecule has 1 amide bonds. The highest BCUT2D eigenvalue weighted by atomic mass is 28.3. The van der Waals surface area contributed by atoms with Crippen molar-refractivity contribution in [3.8, 4) is 5.75 Å². The summed E-state index contributed by atoms with van der Waals surface area (Å²) >= 11 is 0. The number of esters is 1. The maximum absolute atomic E-state index is 12.6. The average Bonchev–Trinajstić information content (AvgIpc) is 3.22. The second-order valence-electron chi connectivity index (χ2n) is 11.5. The van der Waals surface area contributed by atoms with E-state index in [1.807, 2.05) is 42.5 Å². The van der Waals surface area contributed by atoms with Crippen molar-refractivity contribution in [1.82, 2.24) is 4.57 Å². The normalized spacial score (nSPS) is 13.1. The molecule has 1 unspecified atom stereocenters. The van der Waals surface area contributed by atoms with Gasteiger partial charge in [-0.3, -0.25) is 4.79 Å². The number of amides is 1. The number of primary amides is 1. The van der Waals surface area contributed by atoms with Crippen molar-refractivity contribution in [3.05, 3.63) is 77.4 Å². The summed E-state index contributed by atoms with van der Waals surface area (Å²) < 4.78 is 7.79. The van der Waals surface area contributed by atoms with Crippen molar-refractivity contribution in [2.75, 3.05) is 6.61 Å². The van der Waals surface area contributed by atoms with Crippen LogP contribution in [-0.2, 0) is 11.3 Å². The lowest BCUT2D eigenvalue weighted by Gasteiger charge is -2.46. The Labute approximate surface area is 236 Å². The maximum atomic E-state index is 12.6. The van der Waals surface area contributed by atoms with Crippen LogP contribution in [0.15, 0.2) is 60.7 Å². The molecule has 1 atom stereocenters. The number of hydrogen-bond acceptors (Lipinski definition) is 5. The molecule has 212 valence electrons. The molecule has 40 heavy (non-hydrogen) atoms. The lowest BCUT2D eigenvalue weighted by atomic mass is 10.0. The van der Waals surface area contributed by atoms with E-state index in [0.29, 0.717) is 34.0 Å². The number of fused-ring (bicyclic) bond motifs is 3. The van der Waals surface area contributed by atoms with Crippen LogP contribution in [0.4, 0.5) is 0 Å². The van der Waals surface area contributed by atoms with Gasteiger partial charge in [-0.15, -0.1) is 0 Å². The van der Waals surface area contributed by atoms with Crippen molar-refractivity contribution in [2.45, 2.75) is 70.4 Å². The molecule has 0 saturated carbocycles. The van der Waals surface area contributed by atoms with Crippen LogP contribution in [0.1, 0.15) is 68.8 Å². The second kappa shape index (κ2) is 11.6. The third-order valence-electron chi connectivity index (χ3n) is 8.57. The molecule has 0 aliphatic carbocycles. The Morgan fingerprint density at radius 2 is 1.50 bits per heavy atom. The molecule has 8 heteroatoms. The summed E-state index contributed by atoms with van der Waals surface area (Å²) in [5, 5.41) is 22.9. The molecule has 0 aliphatic heterocycles. The number of nitrogens with two attached hydrogens (primary N) is 1. The number of benzene rings is 3. The van der Waals surface area contributed by atoms with Gasteiger partial charge in [-0.1, -0.05) is 77.9 Å². The molecule has 1 aromatic heterocycles. The molecule has 7 nitrogen and oxygen atoms in total. The van der Waals surface area contributed by atoms with Crippen LogP contribution < -0.4 is 10.5 Å². The first-order chi connectivity index (χ1) is 18.9. The fraction of sp³-hybridized carbons (Fsp3) is 0.375. The lowest BCUT2D eigenvalue weighted by Crippen LogP contribution is -2.50. The predicted octanol–water partition coefficient (Wildman–Crippen LogP) is 6.09. The van der Waals surface area contributed by atoms with Gasteiger partial charge in [0.1, 0.15) is 20.4 Å². The van der Waals surface area contributed by atoms with Gasteiger partial charge >= 0.3 is 5.97 Å². The molecule has 0 radical (unpaired) electrons. The van der Waals surface area contributed by atoms with E-state index >= 15 is 0 Å². The topological polar surface area (TPSA) is 115 Å². The molecule has 0 saturated heterocycles. The lowest BCUT2D eigenvalue weighted by molar-refractivity contribution is -0.137. The van der Waals surface area contributed by atoms with Crippen molar-refractivity contribution in [3.63, 3.8) is 0 Å². The predicted molar refractivity (Wildman–Crippen MR) is 162 cm³/mol. The molecule has 0 fully saturated rings. The monoisotopic (exact) mass is 560 g/mol. The Balaban J connectivity index is 2.14. The number of ether oxygens (including phenoxy) is 1. The smallest absolute Gasteiger partial charge is 0.337 e. The van der Waals surface area contributed by atoms with E-state index in [2.05, 4.69) is 46.1 Å². The molecular weight excluding hydrogens is 520 g/mol. The molecule has 0 aliphatic rings. The summed E-state index contributed by atoms with van der Waals surface area (Å²) in [6, 6.07) is 19.0. The number of hydrogen-bond donors (Lipinski definition) is 3. The zero-order valence-electron chi connectivity index (χ0n) is 24.1. The SMILES string of the molecule is CC(C)[Si](C(C)C)(C(C)C)C(O)c1cc(OC(=O)CO)c2c3c(C(N)=O)cccc3n(Cc3ccccc3)c2c1. The number of aliphatic hydroxyl groups excluding tert-OH is 2. The van der Waals surface area contributed by atoms with Crippen molar-refractivity contribution >= 4 is 41.8 Å². The highest BCUT2D eigenvalue weighted by Crippen LogP contribution is 2.50. The average molecular weight is 561 g/mol. The fourth-order valence-corrected chi connectivity index (χ4v) is 13.7. The Morgan fingerprint density at radius 1 is 0.875 bits per heavy atom. The minimum absolute atomic E-state index is 0.190. The van der Waals surface area contributed by atoms with Crippen LogP contribution >= 0.6 is 0 Å². The minimum Gasteiger partial charge on any atom is -0.424 e. The quantitative estimate of drug-likeness (QED) is 0.123. The fourth-order valence-electron chi connectivity index (χ4n) is 7.01. The number of aromatic nitrogens is 1. The van der Waals surface area contributed by atoms with Crippen LogP contribution in [-0.4, -0.2) is 41.3 Å². The Kier molecular flexibility index (Phi) is 8.54. The van der Waals surface area contributed by atoms with Gasteiger partial charge in [0.2, 0.25) is 5.91 Å². The van der Waals surface area contributed by atoms with Crippen LogP contribution in [0.25, 0.3) is 21.8 Å². The first-order valence-electron chi connectivity index (χ1n) is 13.9. The van der Waals surface area contributed by atoms with E-state index in [1.54, 1.807) is 18.2 Å². The molecule has 4 aromatic rings. The number of carbonyl (C=O) groups excluding carboxylic acids is 2. The molecular formula is C32H40N2O5Si. The van der Waals surface area contributed by atoms with Crippen molar-refractivity contribution < 1.29 is 24.5 Å². The van der Waals surface area contributed by atoms with Crippen LogP contribution in [0, 0.1) is 0 Å². The number of rotatable bonds is 10. The van der Waals surface area contributed by atoms with E-state index in [0.717, 1.165) is 11.1 Å². The Hall–Kier alpha value is -3.46. The summed E-state index contributed by atoms with van der Waals surface area (Å²) in [4.78, 5) is 25.0. The minimum atomic E-state index is -2.41. The first kappa shape index (κ1) is 29.5. The standard InChI is InChI=1S/C32H40N2O5Si/c1-19(2)40(20(3)4,21(5)6)32(38)23-15-26-30(27(16-23)39-28(36)18-35)29-24(31(33)37)13-10-14-25(29)34(26)17-22-11-8-7-9-12-22/h7-16,19-21,32,35,38H,17-18H2,1-6H3,(H2,33,37). The highest BCUT2D eigenvalue weighted by molar-refractivity contribution is 6.84. The van der Waals surface area contributed by atoms with Crippen molar-refractivity contribution in [1.29, 1.82) is 0 Å². The van der Waals surface area contributed by atoms with E-state index in [-0.39, 0.29) is 22.4 Å². The van der Waals surface area contributed by atoms with Crippen molar-refractivity contribution in [2.24, 2.45) is 5.73 Å². The van der Waals surface area contributed by atoms with Crippen LogP contribution in [0.5, 0.6) is 5.75 Å². The molecule has 4 N–H and O–H groups in total. The third-order valence-corrected chi connectivity index (χ3v) is 15.8. The molecule has 0 spiro atoms. The van der Waals surface area contributed by atoms with Gasteiger partial charge in [0.25, 0.3) is 0 Å². The molecule has 1 heterocycles. The van der Waals surface area contributed by atoms with Gasteiger partial charge in [0, 0.05) is 17.5 Å². The third kappa shape index (κ3) is 4.96. The Morgan fingerprint density at radius 3 is 2.05 bits per heavy atom. The second-order valence-corrected chi connectivity index (χ2v) is 17.6. The van der Waals surface area contributed by atoms with Gasteiger partial charge < -0.3 is 25.3 Å². The largest absolute Gasteiger partial charge is 0.424 e.